The lowest BCUT2D eigenvalue weighted by atomic mass is 10.1. The van der Waals surface area contributed by atoms with E-state index < -0.39 is 0 Å². The van der Waals surface area contributed by atoms with E-state index >= 15 is 0 Å². The van der Waals surface area contributed by atoms with Gasteiger partial charge in [0, 0.05) is 18.0 Å². The van der Waals surface area contributed by atoms with E-state index in [1.807, 2.05) is 12.3 Å². The third-order valence-corrected chi connectivity index (χ3v) is 2.54. The molecule has 0 spiro atoms. The molecule has 0 saturated carbocycles. The Morgan fingerprint density at radius 1 is 1.36 bits per heavy atom. The number of nitrogens with zero attached hydrogens (tertiary/aromatic N) is 1. The number of fused-ring (bicyclic) bond motifs is 1. The summed E-state index contributed by atoms with van der Waals surface area (Å²) in [6.07, 6.45) is 3.31. The van der Waals surface area contributed by atoms with Crippen molar-refractivity contribution in [1.82, 2.24) is 4.98 Å². The van der Waals surface area contributed by atoms with Crippen LogP contribution in [-0.4, -0.2) is 17.7 Å². The number of benzene rings is 1. The summed E-state index contributed by atoms with van der Waals surface area (Å²) in [4.78, 5) is 4.33. The maximum absolute atomic E-state index is 5.20. The molecular weight excluding hydrogens is 174 g/mol. The minimum atomic E-state index is 0.455. The summed E-state index contributed by atoms with van der Waals surface area (Å²) in [6.45, 7) is 0.917. The van der Waals surface area contributed by atoms with Crippen molar-refractivity contribution < 1.29 is 4.74 Å². The molecule has 1 aromatic carbocycles. The summed E-state index contributed by atoms with van der Waals surface area (Å²) >= 11 is 0. The van der Waals surface area contributed by atoms with Crippen molar-refractivity contribution in [3.63, 3.8) is 0 Å². The van der Waals surface area contributed by atoms with Crippen LogP contribution in [0.25, 0.3) is 10.9 Å². The van der Waals surface area contributed by atoms with Crippen LogP contribution in [0.3, 0.4) is 0 Å². The van der Waals surface area contributed by atoms with E-state index in [0.717, 1.165) is 18.5 Å². The minimum Gasteiger partial charge on any atom is -0.373 e. The Morgan fingerprint density at radius 3 is 3.14 bits per heavy atom. The molecule has 1 saturated heterocycles. The highest BCUT2D eigenvalue weighted by Crippen LogP contribution is 2.19. The molecule has 0 aliphatic carbocycles. The van der Waals surface area contributed by atoms with Gasteiger partial charge in [-0.05, 0) is 17.7 Å². The van der Waals surface area contributed by atoms with Crippen LogP contribution in [-0.2, 0) is 11.2 Å². The first kappa shape index (κ1) is 7.94. The fraction of sp³-hybridized carbons (Fsp3) is 0.250. The van der Waals surface area contributed by atoms with Crippen LogP contribution in [0.1, 0.15) is 5.56 Å². The first-order valence-corrected chi connectivity index (χ1v) is 4.87. The van der Waals surface area contributed by atoms with Crippen LogP contribution < -0.4 is 0 Å². The zero-order chi connectivity index (χ0) is 9.38. The molecule has 70 valence electrons. The molecule has 1 unspecified atom stereocenters. The Labute approximate surface area is 82.5 Å². The number of rotatable bonds is 2. The average Bonchev–Trinajstić information content (AvgIpc) is 3.02. The van der Waals surface area contributed by atoms with Gasteiger partial charge in [-0.2, -0.15) is 0 Å². The molecule has 3 rings (SSSR count). The van der Waals surface area contributed by atoms with Gasteiger partial charge in [0.2, 0.25) is 0 Å². The van der Waals surface area contributed by atoms with Gasteiger partial charge in [0.1, 0.15) is 0 Å². The first-order valence-electron chi connectivity index (χ1n) is 4.87. The van der Waals surface area contributed by atoms with Gasteiger partial charge in [-0.1, -0.05) is 18.2 Å². The lowest BCUT2D eigenvalue weighted by molar-refractivity contribution is 0.407. The third-order valence-electron chi connectivity index (χ3n) is 2.54. The van der Waals surface area contributed by atoms with Gasteiger partial charge in [-0.15, -0.1) is 0 Å². The molecule has 0 radical (unpaired) electrons. The zero-order valence-corrected chi connectivity index (χ0v) is 7.81. The smallest absolute Gasteiger partial charge is 0.0850 e. The van der Waals surface area contributed by atoms with Crippen molar-refractivity contribution in [3.8, 4) is 0 Å². The number of aromatic nitrogens is 1. The normalized spacial score (nSPS) is 19.9. The maximum atomic E-state index is 5.20. The van der Waals surface area contributed by atoms with Crippen LogP contribution in [0, 0.1) is 0 Å². The number of ether oxygens (including phenoxy) is 1. The standard InChI is InChI=1S/C12H11NO/c1-2-10-4-3-9(6-11-8-14-11)7-12(10)13-5-1/h1-5,7,11H,6,8H2. The van der Waals surface area contributed by atoms with Gasteiger partial charge in [0.05, 0.1) is 18.2 Å². The lowest BCUT2D eigenvalue weighted by Gasteiger charge is -2.00. The maximum Gasteiger partial charge on any atom is 0.0850 e. The SMILES string of the molecule is c1cnc2cc(CC3CO3)ccc2c1. The molecule has 1 aliphatic heterocycles. The quantitative estimate of drug-likeness (QED) is 0.670. The molecule has 2 heterocycles. The summed E-state index contributed by atoms with van der Waals surface area (Å²) in [5, 5.41) is 1.20. The third kappa shape index (κ3) is 1.49. The molecule has 2 heteroatoms. The Hall–Kier alpha value is -1.41. The lowest BCUT2D eigenvalue weighted by Crippen LogP contribution is -1.92. The van der Waals surface area contributed by atoms with Gasteiger partial charge < -0.3 is 4.74 Å². The van der Waals surface area contributed by atoms with Crippen LogP contribution in [0.15, 0.2) is 36.5 Å². The molecule has 2 aromatic rings. The predicted molar refractivity (Wildman–Crippen MR) is 55.2 cm³/mol. The predicted octanol–water partition coefficient (Wildman–Crippen LogP) is 2.18. The first-order chi connectivity index (χ1) is 6.92. The van der Waals surface area contributed by atoms with Crippen molar-refractivity contribution in [2.75, 3.05) is 6.61 Å². The Morgan fingerprint density at radius 2 is 2.29 bits per heavy atom. The van der Waals surface area contributed by atoms with Crippen molar-refractivity contribution >= 4 is 10.9 Å². The van der Waals surface area contributed by atoms with Gasteiger partial charge in [-0.25, -0.2) is 0 Å². The largest absolute Gasteiger partial charge is 0.373 e. The topological polar surface area (TPSA) is 25.4 Å². The summed E-state index contributed by atoms with van der Waals surface area (Å²) in [6, 6.07) is 10.5. The molecule has 0 bridgehead atoms. The molecular formula is C12H11NO. The van der Waals surface area contributed by atoms with Crippen LogP contribution in [0.5, 0.6) is 0 Å². The van der Waals surface area contributed by atoms with Crippen molar-refractivity contribution in [2.24, 2.45) is 0 Å². The minimum absolute atomic E-state index is 0.455. The van der Waals surface area contributed by atoms with Gasteiger partial charge >= 0.3 is 0 Å². The fourth-order valence-electron chi connectivity index (χ4n) is 1.69. The van der Waals surface area contributed by atoms with Crippen molar-refractivity contribution in [2.45, 2.75) is 12.5 Å². The molecule has 14 heavy (non-hydrogen) atoms. The highest BCUT2D eigenvalue weighted by Gasteiger charge is 2.22. The van der Waals surface area contributed by atoms with E-state index in [2.05, 4.69) is 29.2 Å². The Balaban J connectivity index is 2.01. The number of hydrogen-bond acceptors (Lipinski definition) is 2. The van der Waals surface area contributed by atoms with E-state index in [1.165, 1.54) is 10.9 Å². The highest BCUT2D eigenvalue weighted by molar-refractivity contribution is 5.78. The summed E-state index contributed by atoms with van der Waals surface area (Å²) < 4.78 is 5.20. The van der Waals surface area contributed by atoms with E-state index in [-0.39, 0.29) is 0 Å². The second kappa shape index (κ2) is 3.07. The van der Waals surface area contributed by atoms with E-state index in [1.54, 1.807) is 0 Å². The second-order valence-electron chi connectivity index (χ2n) is 3.69. The monoisotopic (exact) mass is 185 g/mol. The molecule has 1 atom stereocenters. The van der Waals surface area contributed by atoms with Crippen LogP contribution in [0.4, 0.5) is 0 Å². The van der Waals surface area contributed by atoms with Gasteiger partial charge in [0.25, 0.3) is 0 Å². The summed E-state index contributed by atoms with van der Waals surface area (Å²) in [7, 11) is 0. The Bertz CT molecular complexity index is 463. The van der Waals surface area contributed by atoms with Gasteiger partial charge in [-0.3, -0.25) is 4.98 Å². The molecule has 0 amide bonds. The summed E-state index contributed by atoms with van der Waals surface area (Å²) in [5.74, 6) is 0. The van der Waals surface area contributed by atoms with Crippen LogP contribution >= 0.6 is 0 Å². The number of hydrogen-bond donors (Lipinski definition) is 0. The second-order valence-corrected chi connectivity index (χ2v) is 3.69. The highest BCUT2D eigenvalue weighted by atomic mass is 16.6. The van der Waals surface area contributed by atoms with E-state index in [0.29, 0.717) is 6.10 Å². The van der Waals surface area contributed by atoms with Crippen molar-refractivity contribution in [3.05, 3.63) is 42.1 Å². The summed E-state index contributed by atoms with van der Waals surface area (Å²) in [5.41, 5.74) is 2.39. The Kier molecular flexibility index (Phi) is 1.74. The molecule has 0 N–H and O–H groups in total. The molecule has 2 nitrogen and oxygen atoms in total. The molecule has 1 aromatic heterocycles. The molecule has 1 fully saturated rings. The zero-order valence-electron chi connectivity index (χ0n) is 7.81. The average molecular weight is 185 g/mol. The number of epoxide rings is 1. The van der Waals surface area contributed by atoms with E-state index in [9.17, 15) is 0 Å². The fourth-order valence-corrected chi connectivity index (χ4v) is 1.69. The molecule has 1 aliphatic rings. The van der Waals surface area contributed by atoms with Gasteiger partial charge in [0.15, 0.2) is 0 Å². The van der Waals surface area contributed by atoms with Crippen LogP contribution in [0.2, 0.25) is 0 Å². The number of pyridine rings is 1. The van der Waals surface area contributed by atoms with E-state index in [4.69, 9.17) is 4.74 Å². The van der Waals surface area contributed by atoms with Crippen molar-refractivity contribution in [1.29, 1.82) is 0 Å².